The minimum Gasteiger partial charge on any atom is -0.494 e. The second kappa shape index (κ2) is 7.73. The van der Waals surface area contributed by atoms with E-state index in [4.69, 9.17) is 9.47 Å². The van der Waals surface area contributed by atoms with Gasteiger partial charge in [-0.05, 0) is 71.8 Å². The molecule has 140 valence electrons. The van der Waals surface area contributed by atoms with Crippen molar-refractivity contribution >= 4 is 27.3 Å². The standard InChI is InChI=1S/C25H22O3/c1-3-27-23-11-9-17-13-21(7-5-19(17)15-23)25(26)22-8-6-20-16-24(28-4-2)12-10-18(20)14-22/h5-16H,3-4H2,1-2H3. The van der Waals surface area contributed by atoms with Crippen LogP contribution >= 0.6 is 0 Å². The minimum absolute atomic E-state index is 0.0200. The zero-order chi connectivity index (χ0) is 19.5. The van der Waals surface area contributed by atoms with Crippen molar-refractivity contribution in [3.8, 4) is 11.5 Å². The number of hydrogen-bond donors (Lipinski definition) is 0. The van der Waals surface area contributed by atoms with E-state index in [2.05, 4.69) is 0 Å². The lowest BCUT2D eigenvalue weighted by atomic mass is 9.98. The largest absolute Gasteiger partial charge is 0.494 e. The molecule has 0 radical (unpaired) electrons. The molecule has 4 aromatic rings. The van der Waals surface area contributed by atoms with Gasteiger partial charge in [0.1, 0.15) is 11.5 Å². The molecular weight excluding hydrogens is 348 g/mol. The molecule has 0 amide bonds. The van der Waals surface area contributed by atoms with Crippen LogP contribution in [-0.2, 0) is 0 Å². The average Bonchev–Trinajstić information content (AvgIpc) is 2.73. The topological polar surface area (TPSA) is 35.5 Å². The number of hydrogen-bond acceptors (Lipinski definition) is 3. The molecule has 0 bridgehead atoms. The smallest absolute Gasteiger partial charge is 0.193 e. The van der Waals surface area contributed by atoms with E-state index in [1.54, 1.807) is 0 Å². The van der Waals surface area contributed by atoms with E-state index in [1.807, 2.05) is 86.6 Å². The number of carbonyl (C=O) groups is 1. The third-order valence-electron chi connectivity index (χ3n) is 4.77. The molecule has 0 aliphatic carbocycles. The van der Waals surface area contributed by atoms with Crippen molar-refractivity contribution in [1.29, 1.82) is 0 Å². The summed E-state index contributed by atoms with van der Waals surface area (Å²) in [4.78, 5) is 13.0. The van der Waals surface area contributed by atoms with Crippen molar-refractivity contribution in [1.82, 2.24) is 0 Å². The van der Waals surface area contributed by atoms with Gasteiger partial charge in [-0.15, -0.1) is 0 Å². The summed E-state index contributed by atoms with van der Waals surface area (Å²) in [6, 6.07) is 23.4. The van der Waals surface area contributed by atoms with Crippen molar-refractivity contribution in [2.75, 3.05) is 13.2 Å². The summed E-state index contributed by atoms with van der Waals surface area (Å²) >= 11 is 0. The number of rotatable bonds is 6. The third-order valence-corrected chi connectivity index (χ3v) is 4.77. The summed E-state index contributed by atoms with van der Waals surface area (Å²) in [6.45, 7) is 5.20. The highest BCUT2D eigenvalue weighted by atomic mass is 16.5. The van der Waals surface area contributed by atoms with Gasteiger partial charge in [0, 0.05) is 11.1 Å². The maximum absolute atomic E-state index is 13.0. The van der Waals surface area contributed by atoms with E-state index in [0.29, 0.717) is 24.3 Å². The first-order valence-electron chi connectivity index (χ1n) is 9.56. The summed E-state index contributed by atoms with van der Waals surface area (Å²) in [6.07, 6.45) is 0. The molecule has 0 saturated heterocycles. The monoisotopic (exact) mass is 370 g/mol. The van der Waals surface area contributed by atoms with Gasteiger partial charge in [0.05, 0.1) is 13.2 Å². The van der Waals surface area contributed by atoms with E-state index in [9.17, 15) is 4.79 Å². The fourth-order valence-corrected chi connectivity index (χ4v) is 3.41. The van der Waals surface area contributed by atoms with Gasteiger partial charge >= 0.3 is 0 Å². The zero-order valence-corrected chi connectivity index (χ0v) is 16.1. The molecule has 0 atom stereocenters. The zero-order valence-electron chi connectivity index (χ0n) is 16.1. The highest BCUT2D eigenvalue weighted by Gasteiger charge is 2.11. The lowest BCUT2D eigenvalue weighted by Gasteiger charge is -2.08. The molecule has 0 N–H and O–H groups in total. The molecule has 3 nitrogen and oxygen atoms in total. The highest BCUT2D eigenvalue weighted by molar-refractivity contribution is 6.12. The lowest BCUT2D eigenvalue weighted by Crippen LogP contribution is -2.01. The maximum Gasteiger partial charge on any atom is 0.193 e. The molecule has 0 fully saturated rings. The number of carbonyl (C=O) groups excluding carboxylic acids is 1. The molecule has 0 heterocycles. The summed E-state index contributed by atoms with van der Waals surface area (Å²) in [5.74, 6) is 1.71. The van der Waals surface area contributed by atoms with Crippen LogP contribution in [0, 0.1) is 0 Å². The van der Waals surface area contributed by atoms with E-state index in [-0.39, 0.29) is 5.78 Å². The first kappa shape index (κ1) is 18.1. The fraction of sp³-hybridized carbons (Fsp3) is 0.160. The second-order valence-corrected chi connectivity index (χ2v) is 6.64. The maximum atomic E-state index is 13.0. The summed E-state index contributed by atoms with van der Waals surface area (Å²) in [7, 11) is 0. The van der Waals surface area contributed by atoms with Gasteiger partial charge in [-0.1, -0.05) is 36.4 Å². The van der Waals surface area contributed by atoms with Crippen LogP contribution in [-0.4, -0.2) is 19.0 Å². The van der Waals surface area contributed by atoms with Crippen molar-refractivity contribution in [3.05, 3.63) is 83.9 Å². The normalized spacial score (nSPS) is 10.9. The minimum atomic E-state index is 0.0200. The predicted octanol–water partition coefficient (Wildman–Crippen LogP) is 6.02. The SMILES string of the molecule is CCOc1ccc2cc(C(=O)c3ccc4cc(OCC)ccc4c3)ccc2c1. The van der Waals surface area contributed by atoms with Gasteiger partial charge in [0.15, 0.2) is 5.78 Å². The van der Waals surface area contributed by atoms with Gasteiger partial charge < -0.3 is 9.47 Å². The quantitative estimate of drug-likeness (QED) is 0.389. The van der Waals surface area contributed by atoms with Gasteiger partial charge in [0.2, 0.25) is 0 Å². The molecule has 4 rings (SSSR count). The summed E-state index contributed by atoms with van der Waals surface area (Å²) < 4.78 is 11.1. The van der Waals surface area contributed by atoms with Crippen LogP contribution in [0.1, 0.15) is 29.8 Å². The fourth-order valence-electron chi connectivity index (χ4n) is 3.41. The van der Waals surface area contributed by atoms with E-state index >= 15 is 0 Å². The van der Waals surface area contributed by atoms with Crippen molar-refractivity contribution in [2.24, 2.45) is 0 Å². The molecule has 0 aliphatic heterocycles. The molecule has 0 unspecified atom stereocenters. The predicted molar refractivity (Wildman–Crippen MR) is 114 cm³/mol. The van der Waals surface area contributed by atoms with Crippen LogP contribution < -0.4 is 9.47 Å². The Morgan fingerprint density at radius 2 is 1.00 bits per heavy atom. The van der Waals surface area contributed by atoms with Crippen molar-refractivity contribution in [2.45, 2.75) is 13.8 Å². The lowest BCUT2D eigenvalue weighted by molar-refractivity contribution is 0.103. The third kappa shape index (κ3) is 3.56. The van der Waals surface area contributed by atoms with Gasteiger partial charge in [-0.2, -0.15) is 0 Å². The molecule has 0 aliphatic rings. The Bertz CT molecular complexity index is 1070. The first-order valence-corrected chi connectivity index (χ1v) is 9.56. The van der Waals surface area contributed by atoms with Crippen molar-refractivity contribution < 1.29 is 14.3 Å². The molecule has 3 heteroatoms. The number of fused-ring (bicyclic) bond motifs is 2. The molecule has 4 aromatic carbocycles. The Morgan fingerprint density at radius 3 is 1.43 bits per heavy atom. The Labute approximate surface area is 164 Å². The number of benzene rings is 4. The Hall–Kier alpha value is -3.33. The molecule has 28 heavy (non-hydrogen) atoms. The van der Waals surface area contributed by atoms with E-state index in [0.717, 1.165) is 33.0 Å². The Balaban J connectivity index is 1.66. The molecular formula is C25H22O3. The number of ketones is 1. The van der Waals surface area contributed by atoms with Crippen LogP contribution in [0.3, 0.4) is 0 Å². The van der Waals surface area contributed by atoms with E-state index in [1.165, 1.54) is 0 Å². The van der Waals surface area contributed by atoms with Crippen LogP contribution in [0.15, 0.2) is 72.8 Å². The van der Waals surface area contributed by atoms with Gasteiger partial charge in [-0.3, -0.25) is 4.79 Å². The molecule has 0 saturated carbocycles. The van der Waals surface area contributed by atoms with Crippen LogP contribution in [0.5, 0.6) is 11.5 Å². The molecule has 0 aromatic heterocycles. The average molecular weight is 370 g/mol. The molecule has 0 spiro atoms. The Morgan fingerprint density at radius 1 is 0.607 bits per heavy atom. The van der Waals surface area contributed by atoms with E-state index < -0.39 is 0 Å². The van der Waals surface area contributed by atoms with Crippen LogP contribution in [0.2, 0.25) is 0 Å². The highest BCUT2D eigenvalue weighted by Crippen LogP contribution is 2.26. The van der Waals surface area contributed by atoms with Gasteiger partial charge in [0.25, 0.3) is 0 Å². The van der Waals surface area contributed by atoms with Crippen LogP contribution in [0.25, 0.3) is 21.5 Å². The first-order chi connectivity index (χ1) is 13.7. The summed E-state index contributed by atoms with van der Waals surface area (Å²) in [5.41, 5.74) is 1.36. The number of ether oxygens (including phenoxy) is 2. The van der Waals surface area contributed by atoms with Gasteiger partial charge in [-0.25, -0.2) is 0 Å². The Kier molecular flexibility index (Phi) is 4.98. The summed E-state index contributed by atoms with van der Waals surface area (Å²) in [5, 5.41) is 4.17. The second-order valence-electron chi connectivity index (χ2n) is 6.64. The van der Waals surface area contributed by atoms with Crippen LogP contribution in [0.4, 0.5) is 0 Å². The van der Waals surface area contributed by atoms with Crippen molar-refractivity contribution in [3.63, 3.8) is 0 Å².